The average molecular weight is 606 g/mol. The van der Waals surface area contributed by atoms with Crippen molar-refractivity contribution in [2.24, 2.45) is 0 Å². The Labute approximate surface area is 244 Å². The van der Waals surface area contributed by atoms with Gasteiger partial charge in [-0.05, 0) is 24.8 Å². The lowest BCUT2D eigenvalue weighted by molar-refractivity contribution is -0.145. The smallest absolute Gasteiger partial charge is 0.459 e. The number of benzene rings is 2. The Morgan fingerprint density at radius 3 is 2.81 bits per heavy atom. The molecule has 1 unspecified atom stereocenters. The first-order valence-electron chi connectivity index (χ1n) is 14.0. The van der Waals surface area contributed by atoms with Crippen molar-refractivity contribution < 1.29 is 42.2 Å². The van der Waals surface area contributed by atoms with Crippen LogP contribution in [0.2, 0.25) is 0 Å². The Bertz CT molecular complexity index is 1370. The fourth-order valence-electron chi connectivity index (χ4n) is 4.59. The van der Waals surface area contributed by atoms with Crippen LogP contribution in [0, 0.1) is 0 Å². The van der Waals surface area contributed by atoms with Crippen LogP contribution in [0.4, 0.5) is 4.39 Å². The minimum Gasteiger partial charge on any atom is -0.465 e. The van der Waals surface area contributed by atoms with E-state index in [1.54, 1.807) is 18.2 Å². The Morgan fingerprint density at radius 1 is 1.26 bits per heavy atom. The number of hydrogen-bond acceptors (Lipinski definition) is 9. The molecular formula is C29H37FN3O8P. The monoisotopic (exact) mass is 605 g/mol. The number of aliphatic hydroxyl groups excluding tert-OH is 1. The number of amides is 1. The van der Waals surface area contributed by atoms with E-state index < -0.39 is 56.5 Å². The topological polar surface area (TPSA) is 136 Å². The molecule has 42 heavy (non-hydrogen) atoms. The number of nitrogens with zero attached hydrogens (tertiary/aromatic N) is 1. The molecule has 5 atom stereocenters. The zero-order chi connectivity index (χ0) is 30.3. The summed E-state index contributed by atoms with van der Waals surface area (Å²) in [6.07, 6.45) is 1.74. The number of aliphatic hydroxyl groups is 1. The third-order valence-electron chi connectivity index (χ3n) is 6.88. The van der Waals surface area contributed by atoms with Gasteiger partial charge in [-0.2, -0.15) is 9.48 Å². The maximum absolute atomic E-state index is 14.1. The molecule has 0 saturated carbocycles. The van der Waals surface area contributed by atoms with Crippen molar-refractivity contribution >= 4 is 30.4 Å². The normalized spacial score (nSPS) is 22.8. The van der Waals surface area contributed by atoms with Crippen LogP contribution in [0.3, 0.4) is 0 Å². The molecule has 0 bridgehead atoms. The van der Waals surface area contributed by atoms with Gasteiger partial charge in [0.1, 0.15) is 29.9 Å². The average Bonchev–Trinajstić information content (AvgIpc) is 3.33. The van der Waals surface area contributed by atoms with E-state index in [4.69, 9.17) is 18.5 Å². The molecule has 3 N–H and O–H groups in total. The van der Waals surface area contributed by atoms with Crippen molar-refractivity contribution in [3.8, 4) is 5.75 Å². The van der Waals surface area contributed by atoms with Gasteiger partial charge in [0, 0.05) is 18.0 Å². The number of rotatable bonds is 14. The maximum Gasteiger partial charge on any atom is 0.459 e. The standard InChI is InChI=1S/C29H37FN3O8P/c1-4-5-6-9-15-38-29(36)19(2)32-42(37,41-25-14-10-12-21-11-7-8-13-22(21)25)39-18-26-24(34)16-27(40-26)33-17-23(30)28(35)31-20(33)3/h7-8,10-14,17,19,24,26-27,34H,3-6,9,15-16,18H2,1-2H3,(H,31,35)(H,32,37)/t19-,24+,26+,27+,42?/m0/s1. The molecule has 2 aliphatic rings. The second-order valence-electron chi connectivity index (χ2n) is 10.2. The summed E-state index contributed by atoms with van der Waals surface area (Å²) in [7, 11) is -4.27. The number of fused-ring (bicyclic) bond motifs is 1. The van der Waals surface area contributed by atoms with Gasteiger partial charge in [-0.25, -0.2) is 4.57 Å². The summed E-state index contributed by atoms with van der Waals surface area (Å²) in [5, 5.41) is 17.1. The van der Waals surface area contributed by atoms with Crippen LogP contribution in [0.15, 0.2) is 66.9 Å². The van der Waals surface area contributed by atoms with E-state index in [0.29, 0.717) is 5.39 Å². The molecule has 2 heterocycles. The van der Waals surface area contributed by atoms with Crippen molar-refractivity contribution in [3.63, 3.8) is 0 Å². The van der Waals surface area contributed by atoms with Crippen LogP contribution in [-0.2, 0) is 28.2 Å². The summed E-state index contributed by atoms with van der Waals surface area (Å²) in [4.78, 5) is 25.5. The summed E-state index contributed by atoms with van der Waals surface area (Å²) < 4.78 is 50.9. The maximum atomic E-state index is 14.1. The number of nitrogens with one attached hydrogen (secondary N) is 2. The molecule has 1 saturated heterocycles. The zero-order valence-corrected chi connectivity index (χ0v) is 24.6. The number of unbranched alkanes of at least 4 members (excludes halogenated alkanes) is 3. The molecule has 0 aromatic heterocycles. The Balaban J connectivity index is 1.47. The quantitative estimate of drug-likeness (QED) is 0.159. The van der Waals surface area contributed by atoms with E-state index in [-0.39, 0.29) is 24.6 Å². The first-order valence-corrected chi connectivity index (χ1v) is 15.5. The summed E-state index contributed by atoms with van der Waals surface area (Å²) >= 11 is 0. The lowest BCUT2D eigenvalue weighted by Gasteiger charge is -2.31. The van der Waals surface area contributed by atoms with Crippen molar-refractivity contribution in [3.05, 3.63) is 66.9 Å². The summed E-state index contributed by atoms with van der Waals surface area (Å²) in [6.45, 7) is 7.10. The second kappa shape index (κ2) is 14.3. The van der Waals surface area contributed by atoms with Gasteiger partial charge >= 0.3 is 13.7 Å². The van der Waals surface area contributed by atoms with Gasteiger partial charge in [-0.15, -0.1) is 0 Å². The van der Waals surface area contributed by atoms with Gasteiger partial charge in [0.25, 0.3) is 5.91 Å². The molecular weight excluding hydrogens is 568 g/mol. The second-order valence-corrected chi connectivity index (χ2v) is 11.9. The molecule has 2 aromatic carbocycles. The Morgan fingerprint density at radius 2 is 2.02 bits per heavy atom. The molecule has 2 aliphatic heterocycles. The number of ether oxygens (including phenoxy) is 2. The molecule has 0 aliphatic carbocycles. The Kier molecular flexibility index (Phi) is 10.7. The van der Waals surface area contributed by atoms with Crippen LogP contribution < -0.4 is 14.9 Å². The van der Waals surface area contributed by atoms with Gasteiger partial charge in [0.15, 0.2) is 0 Å². The van der Waals surface area contributed by atoms with E-state index in [2.05, 4.69) is 23.9 Å². The predicted molar refractivity (Wildman–Crippen MR) is 153 cm³/mol. The van der Waals surface area contributed by atoms with Gasteiger partial charge in [0.05, 0.1) is 19.3 Å². The third kappa shape index (κ3) is 7.96. The fourth-order valence-corrected chi connectivity index (χ4v) is 6.11. The molecule has 0 spiro atoms. The van der Waals surface area contributed by atoms with Crippen molar-refractivity contribution in [2.75, 3.05) is 13.2 Å². The number of carbonyl (C=O) groups is 2. The number of esters is 1. The van der Waals surface area contributed by atoms with Gasteiger partial charge in [0.2, 0.25) is 5.83 Å². The van der Waals surface area contributed by atoms with Crippen molar-refractivity contribution in [1.29, 1.82) is 0 Å². The van der Waals surface area contributed by atoms with E-state index in [0.717, 1.165) is 37.3 Å². The van der Waals surface area contributed by atoms with Crippen LogP contribution in [0.5, 0.6) is 5.75 Å². The highest BCUT2D eigenvalue weighted by molar-refractivity contribution is 7.52. The Hall–Kier alpha value is -3.28. The highest BCUT2D eigenvalue weighted by Gasteiger charge is 2.42. The molecule has 1 fully saturated rings. The van der Waals surface area contributed by atoms with E-state index in [1.165, 1.54) is 11.8 Å². The van der Waals surface area contributed by atoms with E-state index >= 15 is 0 Å². The largest absolute Gasteiger partial charge is 0.465 e. The molecule has 0 radical (unpaired) electrons. The van der Waals surface area contributed by atoms with Gasteiger partial charge in [-0.3, -0.25) is 14.1 Å². The van der Waals surface area contributed by atoms with Gasteiger partial charge < -0.3 is 29.3 Å². The van der Waals surface area contributed by atoms with Gasteiger partial charge in [-0.1, -0.05) is 69.2 Å². The molecule has 13 heteroatoms. The van der Waals surface area contributed by atoms with Crippen molar-refractivity contribution in [1.82, 2.24) is 15.3 Å². The fraction of sp³-hybridized carbons (Fsp3) is 0.448. The first-order chi connectivity index (χ1) is 20.1. The highest BCUT2D eigenvalue weighted by Crippen LogP contribution is 2.47. The summed E-state index contributed by atoms with van der Waals surface area (Å²) in [6, 6.07) is 11.5. The molecule has 1 amide bonds. The molecule has 4 rings (SSSR count). The number of hydrogen-bond donors (Lipinski definition) is 3. The van der Waals surface area contributed by atoms with E-state index in [1.807, 2.05) is 24.3 Å². The lowest BCUT2D eigenvalue weighted by Crippen LogP contribution is -2.42. The first kappa shape index (κ1) is 31.7. The lowest BCUT2D eigenvalue weighted by atomic mass is 10.1. The van der Waals surface area contributed by atoms with Crippen LogP contribution in [0.1, 0.15) is 46.0 Å². The zero-order valence-electron chi connectivity index (χ0n) is 23.7. The minimum atomic E-state index is -4.27. The minimum absolute atomic E-state index is 0.0232. The van der Waals surface area contributed by atoms with Crippen LogP contribution >= 0.6 is 7.75 Å². The molecule has 228 valence electrons. The molecule has 11 nitrogen and oxygen atoms in total. The third-order valence-corrected chi connectivity index (χ3v) is 8.51. The summed E-state index contributed by atoms with van der Waals surface area (Å²) in [5.74, 6) is -2.25. The predicted octanol–water partition coefficient (Wildman–Crippen LogP) is 4.63. The van der Waals surface area contributed by atoms with Crippen LogP contribution in [-0.4, -0.2) is 59.6 Å². The molecule has 2 aromatic rings. The van der Waals surface area contributed by atoms with Crippen molar-refractivity contribution in [2.45, 2.75) is 70.4 Å². The van der Waals surface area contributed by atoms with E-state index in [9.17, 15) is 23.7 Å². The summed E-state index contributed by atoms with van der Waals surface area (Å²) in [5.41, 5.74) is 0. The SMILES string of the molecule is C=C1NC(=O)C(F)=CN1[C@H]1C[C@@H](O)[C@@H](COP(=O)(N[C@@H](C)C(=O)OCCCCCC)Oc2cccc3ccccc23)O1. The highest BCUT2D eigenvalue weighted by atomic mass is 31.2. The number of halogens is 1. The van der Waals surface area contributed by atoms with Crippen LogP contribution in [0.25, 0.3) is 10.8 Å². The number of carbonyl (C=O) groups excluding carboxylic acids is 2.